The first-order chi connectivity index (χ1) is 8.70. The Bertz CT molecular complexity index is 229. The molecule has 0 spiro atoms. The van der Waals surface area contributed by atoms with Gasteiger partial charge in [-0.15, -0.1) is 0 Å². The summed E-state index contributed by atoms with van der Waals surface area (Å²) in [6.07, 6.45) is 6.81. The van der Waals surface area contributed by atoms with Gasteiger partial charge >= 0.3 is 0 Å². The molecule has 0 amide bonds. The molecule has 1 saturated carbocycles. The predicted molar refractivity (Wildman–Crippen MR) is 76.9 cm³/mol. The molecule has 0 aromatic rings. The zero-order chi connectivity index (χ0) is 14.2. The molecule has 3 heteroatoms. The lowest BCUT2D eigenvalue weighted by atomic mass is 9.91. The largest absolute Gasteiger partial charge is 0.314 e. The molecular formula is C15H29N3. The number of hydrogen-bond acceptors (Lipinski definition) is 3. The summed E-state index contributed by atoms with van der Waals surface area (Å²) in [4.78, 5) is 0. The molecule has 0 aromatic carbocycles. The Kier molecular flexibility index (Phi) is 17.1. The van der Waals surface area contributed by atoms with Crippen LogP contribution >= 0.6 is 0 Å². The standard InChI is InChI=1S/C7H11N.C6H12N2.C2H6/c8-6-7-4-2-1-3-5-7;1-6(2)8-5-3-4-7;1-2/h7H,1-5H2;6,8H,3,5H2,1-2H3;1-2H3. The van der Waals surface area contributed by atoms with Gasteiger partial charge in [-0.25, -0.2) is 0 Å². The topological polar surface area (TPSA) is 59.6 Å². The van der Waals surface area contributed by atoms with Crippen molar-refractivity contribution in [3.05, 3.63) is 0 Å². The third kappa shape index (κ3) is 14.9. The Morgan fingerprint density at radius 2 is 1.67 bits per heavy atom. The molecule has 0 aromatic heterocycles. The average Bonchev–Trinajstić information content (AvgIpc) is 2.43. The molecule has 1 rings (SSSR count). The van der Waals surface area contributed by atoms with E-state index in [1.165, 1.54) is 19.3 Å². The molecular weight excluding hydrogens is 222 g/mol. The van der Waals surface area contributed by atoms with Crippen molar-refractivity contribution in [2.75, 3.05) is 6.54 Å². The van der Waals surface area contributed by atoms with Crippen LogP contribution < -0.4 is 5.32 Å². The van der Waals surface area contributed by atoms with Crippen molar-refractivity contribution in [1.29, 1.82) is 10.5 Å². The Morgan fingerprint density at radius 3 is 2.00 bits per heavy atom. The highest BCUT2D eigenvalue weighted by molar-refractivity contribution is 4.84. The highest BCUT2D eigenvalue weighted by atomic mass is 14.9. The lowest BCUT2D eigenvalue weighted by Crippen LogP contribution is -2.23. The van der Waals surface area contributed by atoms with Crippen LogP contribution in [0.2, 0.25) is 0 Å². The Hall–Kier alpha value is -1.06. The summed E-state index contributed by atoms with van der Waals surface area (Å²) < 4.78 is 0. The van der Waals surface area contributed by atoms with Crippen molar-refractivity contribution in [2.24, 2.45) is 5.92 Å². The van der Waals surface area contributed by atoms with Crippen LogP contribution in [0.5, 0.6) is 0 Å². The van der Waals surface area contributed by atoms with Gasteiger partial charge in [-0.05, 0) is 12.8 Å². The van der Waals surface area contributed by atoms with E-state index in [1.54, 1.807) is 0 Å². The van der Waals surface area contributed by atoms with E-state index in [0.29, 0.717) is 18.4 Å². The van der Waals surface area contributed by atoms with E-state index < -0.39 is 0 Å². The van der Waals surface area contributed by atoms with Crippen LogP contribution in [0.4, 0.5) is 0 Å². The fraction of sp³-hybridized carbons (Fsp3) is 0.867. The smallest absolute Gasteiger partial charge is 0.0655 e. The molecule has 0 atom stereocenters. The van der Waals surface area contributed by atoms with E-state index in [1.807, 2.05) is 13.8 Å². The number of nitrogens with zero attached hydrogens (tertiary/aromatic N) is 2. The second-order valence-electron chi connectivity index (χ2n) is 4.48. The molecule has 1 aliphatic rings. The maximum Gasteiger partial charge on any atom is 0.0655 e. The monoisotopic (exact) mass is 251 g/mol. The molecule has 0 bridgehead atoms. The minimum atomic E-state index is 0.392. The Morgan fingerprint density at radius 1 is 1.11 bits per heavy atom. The fourth-order valence-corrected chi connectivity index (χ4v) is 1.65. The zero-order valence-electron chi connectivity index (χ0n) is 12.5. The molecule has 0 heterocycles. The van der Waals surface area contributed by atoms with Crippen LogP contribution in [0.3, 0.4) is 0 Å². The van der Waals surface area contributed by atoms with E-state index in [-0.39, 0.29) is 0 Å². The number of nitriles is 2. The number of hydrogen-bond donors (Lipinski definition) is 1. The number of rotatable bonds is 3. The van der Waals surface area contributed by atoms with Crippen molar-refractivity contribution < 1.29 is 0 Å². The lowest BCUT2D eigenvalue weighted by molar-refractivity contribution is 0.427. The van der Waals surface area contributed by atoms with Gasteiger partial charge in [0.25, 0.3) is 0 Å². The van der Waals surface area contributed by atoms with Crippen molar-refractivity contribution >= 4 is 0 Å². The quantitative estimate of drug-likeness (QED) is 0.771. The van der Waals surface area contributed by atoms with Gasteiger partial charge in [-0.1, -0.05) is 47.0 Å². The van der Waals surface area contributed by atoms with Crippen LogP contribution in [-0.2, 0) is 0 Å². The summed E-state index contributed by atoms with van der Waals surface area (Å²) in [6.45, 7) is 8.95. The first-order valence-electron chi connectivity index (χ1n) is 7.20. The first-order valence-corrected chi connectivity index (χ1v) is 7.20. The second kappa shape index (κ2) is 15.9. The van der Waals surface area contributed by atoms with Crippen LogP contribution in [0.25, 0.3) is 0 Å². The lowest BCUT2D eigenvalue weighted by Gasteiger charge is -2.13. The van der Waals surface area contributed by atoms with Gasteiger partial charge in [0.15, 0.2) is 0 Å². The van der Waals surface area contributed by atoms with E-state index in [9.17, 15) is 0 Å². The summed E-state index contributed by atoms with van der Waals surface area (Å²) in [5, 5.41) is 19.7. The molecule has 0 unspecified atom stereocenters. The van der Waals surface area contributed by atoms with Crippen LogP contribution in [-0.4, -0.2) is 12.6 Å². The van der Waals surface area contributed by atoms with Crippen molar-refractivity contribution in [2.45, 2.75) is 72.3 Å². The van der Waals surface area contributed by atoms with Gasteiger partial charge in [0, 0.05) is 24.9 Å². The molecule has 3 nitrogen and oxygen atoms in total. The molecule has 0 aliphatic heterocycles. The minimum absolute atomic E-state index is 0.392. The van der Waals surface area contributed by atoms with E-state index in [4.69, 9.17) is 10.5 Å². The molecule has 1 fully saturated rings. The molecule has 0 radical (unpaired) electrons. The molecule has 104 valence electrons. The molecule has 1 aliphatic carbocycles. The SMILES string of the molecule is CC.CC(C)NCCC#N.N#CC1CCCCC1. The normalized spacial score (nSPS) is 14.4. The van der Waals surface area contributed by atoms with Gasteiger partial charge < -0.3 is 5.32 Å². The summed E-state index contributed by atoms with van der Waals surface area (Å²) in [5.74, 6) is 0.392. The van der Waals surface area contributed by atoms with Gasteiger partial charge in [-0.2, -0.15) is 10.5 Å². The highest BCUT2D eigenvalue weighted by Gasteiger charge is 2.10. The molecule has 0 saturated heterocycles. The van der Waals surface area contributed by atoms with E-state index in [0.717, 1.165) is 19.4 Å². The average molecular weight is 251 g/mol. The van der Waals surface area contributed by atoms with Crippen LogP contribution in [0, 0.1) is 28.6 Å². The third-order valence-electron chi connectivity index (χ3n) is 2.58. The van der Waals surface area contributed by atoms with Crippen LogP contribution in [0.1, 0.15) is 66.2 Å². The fourth-order valence-electron chi connectivity index (χ4n) is 1.65. The minimum Gasteiger partial charge on any atom is -0.314 e. The second-order valence-corrected chi connectivity index (χ2v) is 4.48. The van der Waals surface area contributed by atoms with Gasteiger partial charge in [-0.3, -0.25) is 0 Å². The molecule has 18 heavy (non-hydrogen) atoms. The van der Waals surface area contributed by atoms with Crippen molar-refractivity contribution in [3.63, 3.8) is 0 Å². The van der Waals surface area contributed by atoms with E-state index >= 15 is 0 Å². The first kappa shape index (κ1) is 19.3. The zero-order valence-corrected chi connectivity index (χ0v) is 12.5. The maximum atomic E-state index is 8.44. The molecule has 1 N–H and O–H groups in total. The third-order valence-corrected chi connectivity index (χ3v) is 2.58. The van der Waals surface area contributed by atoms with Crippen molar-refractivity contribution in [3.8, 4) is 12.1 Å². The van der Waals surface area contributed by atoms with Gasteiger partial charge in [0.1, 0.15) is 0 Å². The predicted octanol–water partition coefficient (Wildman–Crippen LogP) is 4.01. The van der Waals surface area contributed by atoms with Gasteiger partial charge in [0.2, 0.25) is 0 Å². The van der Waals surface area contributed by atoms with Gasteiger partial charge in [0.05, 0.1) is 12.1 Å². The van der Waals surface area contributed by atoms with E-state index in [2.05, 4.69) is 31.3 Å². The van der Waals surface area contributed by atoms with Crippen molar-refractivity contribution in [1.82, 2.24) is 5.32 Å². The number of nitrogens with one attached hydrogen (secondary N) is 1. The summed E-state index contributed by atoms with van der Waals surface area (Å²) in [6, 6.07) is 4.87. The van der Waals surface area contributed by atoms with Crippen LogP contribution in [0.15, 0.2) is 0 Å². The summed E-state index contributed by atoms with van der Waals surface area (Å²) in [5.41, 5.74) is 0. The Labute approximate surface area is 113 Å². The highest BCUT2D eigenvalue weighted by Crippen LogP contribution is 2.22. The summed E-state index contributed by atoms with van der Waals surface area (Å²) >= 11 is 0. The Balaban J connectivity index is 0. The maximum absolute atomic E-state index is 8.44. The summed E-state index contributed by atoms with van der Waals surface area (Å²) in [7, 11) is 0.